The Hall–Kier alpha value is -1.51. The molecule has 0 rings (SSSR count). The fraction of sp³-hybridized carbons (Fsp3) is 0.913. The summed E-state index contributed by atoms with van der Waals surface area (Å²) >= 11 is 0. The van der Waals surface area contributed by atoms with Crippen molar-refractivity contribution in [2.45, 2.75) is 380 Å². The SMILES string of the molecule is CCCCCCCCCC/C=C\CCCCCCCCCCCCCCCCCCCCCC(=O)OC(COC(=O)CCCCCCCCCCCCCCCCC/C=C\CCCCCCCCCC)COP(=O)(O)OCCN. The van der Waals surface area contributed by atoms with Crippen molar-refractivity contribution in [3.63, 3.8) is 0 Å². The van der Waals surface area contributed by atoms with Gasteiger partial charge in [-0.3, -0.25) is 18.6 Å². The Morgan fingerprint density at radius 2 is 0.620 bits per heavy atom. The molecule has 0 bridgehead atoms. The zero-order valence-electron chi connectivity index (χ0n) is 52.6. The molecule has 0 radical (unpaired) electrons. The van der Waals surface area contributed by atoms with Gasteiger partial charge in [0.25, 0.3) is 0 Å². The molecule has 3 N–H and O–H groups in total. The molecule has 468 valence electrons. The Kier molecular flexibility index (Phi) is 64.4. The first kappa shape index (κ1) is 77.5. The lowest BCUT2D eigenvalue weighted by molar-refractivity contribution is -0.161. The zero-order chi connectivity index (χ0) is 57.3. The summed E-state index contributed by atoms with van der Waals surface area (Å²) in [6.45, 7) is 3.82. The fourth-order valence-electron chi connectivity index (χ4n) is 10.6. The second-order valence-electron chi connectivity index (χ2n) is 23.7. The second-order valence-corrected chi connectivity index (χ2v) is 25.2. The summed E-state index contributed by atoms with van der Waals surface area (Å²) in [5, 5.41) is 0. The quantitative estimate of drug-likeness (QED) is 0.0264. The molecule has 79 heavy (non-hydrogen) atoms. The van der Waals surface area contributed by atoms with Gasteiger partial charge in [-0.2, -0.15) is 0 Å². The van der Waals surface area contributed by atoms with Gasteiger partial charge in [-0.05, 0) is 64.2 Å². The van der Waals surface area contributed by atoms with Crippen LogP contribution in [-0.4, -0.2) is 49.3 Å². The van der Waals surface area contributed by atoms with E-state index >= 15 is 0 Å². The molecule has 0 aliphatic carbocycles. The third-order valence-electron chi connectivity index (χ3n) is 15.8. The summed E-state index contributed by atoms with van der Waals surface area (Å²) in [4.78, 5) is 35.3. The molecular formula is C69H134NO8P. The number of carbonyl (C=O) groups excluding carboxylic acids is 2. The Balaban J connectivity index is 3.82. The molecule has 0 aromatic heterocycles. The lowest BCUT2D eigenvalue weighted by atomic mass is 10.0. The molecule has 0 aliphatic rings. The molecular weight excluding hydrogens is 1000 g/mol. The minimum Gasteiger partial charge on any atom is -0.462 e. The molecule has 0 fully saturated rings. The first-order valence-electron chi connectivity index (χ1n) is 34.8. The van der Waals surface area contributed by atoms with Gasteiger partial charge in [-0.1, -0.05) is 321 Å². The highest BCUT2D eigenvalue weighted by Crippen LogP contribution is 2.43. The number of carbonyl (C=O) groups is 2. The first-order valence-corrected chi connectivity index (χ1v) is 36.3. The van der Waals surface area contributed by atoms with Gasteiger partial charge in [0.05, 0.1) is 13.2 Å². The van der Waals surface area contributed by atoms with Crippen LogP contribution in [0.3, 0.4) is 0 Å². The molecule has 2 unspecified atom stereocenters. The van der Waals surface area contributed by atoms with Gasteiger partial charge in [0.2, 0.25) is 0 Å². The summed E-state index contributed by atoms with van der Waals surface area (Å²) in [7, 11) is -4.39. The van der Waals surface area contributed by atoms with Crippen molar-refractivity contribution in [3.05, 3.63) is 24.3 Å². The summed E-state index contributed by atoms with van der Waals surface area (Å²) in [6.07, 6.45) is 79.9. The summed E-state index contributed by atoms with van der Waals surface area (Å²) < 4.78 is 33.2. The number of unbranched alkanes of at least 4 members (excludes halogenated alkanes) is 50. The van der Waals surface area contributed by atoms with Crippen molar-refractivity contribution < 1.29 is 37.6 Å². The van der Waals surface area contributed by atoms with Crippen LogP contribution in [0.15, 0.2) is 24.3 Å². The lowest BCUT2D eigenvalue weighted by Gasteiger charge is -2.19. The molecule has 0 aliphatic heterocycles. The van der Waals surface area contributed by atoms with E-state index in [1.165, 1.54) is 308 Å². The zero-order valence-corrected chi connectivity index (χ0v) is 53.5. The smallest absolute Gasteiger partial charge is 0.462 e. The molecule has 10 heteroatoms. The van der Waals surface area contributed by atoms with Gasteiger partial charge in [0.1, 0.15) is 6.61 Å². The Bertz CT molecular complexity index is 1340. The predicted molar refractivity (Wildman–Crippen MR) is 340 cm³/mol. The number of nitrogens with two attached hydrogens (primary N) is 1. The molecule has 0 spiro atoms. The van der Waals surface area contributed by atoms with Gasteiger partial charge in [-0.15, -0.1) is 0 Å². The largest absolute Gasteiger partial charge is 0.472 e. The molecule has 0 heterocycles. The monoisotopic (exact) mass is 1140 g/mol. The van der Waals surface area contributed by atoms with Crippen LogP contribution in [-0.2, 0) is 32.7 Å². The van der Waals surface area contributed by atoms with Crippen molar-refractivity contribution in [1.29, 1.82) is 0 Å². The van der Waals surface area contributed by atoms with Gasteiger partial charge in [0, 0.05) is 19.4 Å². The second kappa shape index (κ2) is 65.6. The van der Waals surface area contributed by atoms with Crippen molar-refractivity contribution in [3.8, 4) is 0 Å². The highest BCUT2D eigenvalue weighted by Gasteiger charge is 2.26. The number of hydrogen-bond donors (Lipinski definition) is 2. The van der Waals surface area contributed by atoms with Crippen LogP contribution in [0.5, 0.6) is 0 Å². The van der Waals surface area contributed by atoms with Crippen LogP contribution >= 0.6 is 7.82 Å². The minimum absolute atomic E-state index is 0.0566. The summed E-state index contributed by atoms with van der Waals surface area (Å²) in [5.74, 6) is -0.804. The van der Waals surface area contributed by atoms with E-state index in [2.05, 4.69) is 38.2 Å². The van der Waals surface area contributed by atoms with E-state index < -0.39 is 26.5 Å². The lowest BCUT2D eigenvalue weighted by Crippen LogP contribution is -2.29. The molecule has 0 aromatic rings. The minimum atomic E-state index is -4.39. The Morgan fingerprint density at radius 1 is 0.367 bits per heavy atom. The highest BCUT2D eigenvalue weighted by molar-refractivity contribution is 7.47. The maximum absolute atomic E-state index is 12.8. The highest BCUT2D eigenvalue weighted by atomic mass is 31.2. The fourth-order valence-corrected chi connectivity index (χ4v) is 11.4. The predicted octanol–water partition coefficient (Wildman–Crippen LogP) is 22.5. The summed E-state index contributed by atoms with van der Waals surface area (Å²) in [5.41, 5.74) is 5.40. The number of ether oxygens (including phenoxy) is 2. The number of esters is 2. The van der Waals surface area contributed by atoms with Gasteiger partial charge < -0.3 is 20.1 Å². The average Bonchev–Trinajstić information content (AvgIpc) is 3.44. The maximum atomic E-state index is 12.8. The molecule has 0 amide bonds. The van der Waals surface area contributed by atoms with E-state index in [0.29, 0.717) is 6.42 Å². The molecule has 9 nitrogen and oxygen atoms in total. The number of hydrogen-bond acceptors (Lipinski definition) is 8. The Labute approximate surface area is 491 Å². The topological polar surface area (TPSA) is 134 Å². The third kappa shape index (κ3) is 65.5. The average molecular weight is 1140 g/mol. The van der Waals surface area contributed by atoms with Gasteiger partial charge >= 0.3 is 19.8 Å². The van der Waals surface area contributed by atoms with E-state index in [1.807, 2.05) is 0 Å². The standard InChI is InChI=1S/C69H134NO8P/c1-3-5-7-9-11-13-15-17-19-21-23-25-27-29-31-32-33-34-36-38-40-42-44-46-48-50-52-54-56-58-60-62-69(72)78-67(66-77-79(73,74)76-64-63-70)65-75-68(71)61-59-57-55-53-51-49-47-45-43-41-39-37-35-30-28-26-24-22-20-18-16-14-12-10-8-6-4-2/h21-24,67H,3-20,25-66,70H2,1-2H3,(H,73,74)/b23-21-,24-22-. The van der Waals surface area contributed by atoms with Crippen LogP contribution in [0.1, 0.15) is 373 Å². The molecule has 0 saturated heterocycles. The molecule has 0 saturated carbocycles. The van der Waals surface area contributed by atoms with Crippen LogP contribution in [0.2, 0.25) is 0 Å². The van der Waals surface area contributed by atoms with Crippen molar-refractivity contribution >= 4 is 19.8 Å². The van der Waals surface area contributed by atoms with Crippen LogP contribution in [0.25, 0.3) is 0 Å². The molecule has 0 aromatic carbocycles. The van der Waals surface area contributed by atoms with E-state index in [9.17, 15) is 19.0 Å². The normalized spacial score (nSPS) is 13.0. The molecule has 2 atom stereocenters. The van der Waals surface area contributed by atoms with Crippen LogP contribution < -0.4 is 5.73 Å². The van der Waals surface area contributed by atoms with Crippen molar-refractivity contribution in [2.75, 3.05) is 26.4 Å². The van der Waals surface area contributed by atoms with Gasteiger partial charge in [0.15, 0.2) is 6.10 Å². The number of allylic oxidation sites excluding steroid dienone is 4. The van der Waals surface area contributed by atoms with Crippen molar-refractivity contribution in [1.82, 2.24) is 0 Å². The van der Waals surface area contributed by atoms with Crippen molar-refractivity contribution in [2.24, 2.45) is 5.73 Å². The van der Waals surface area contributed by atoms with E-state index in [4.69, 9.17) is 24.3 Å². The van der Waals surface area contributed by atoms with E-state index in [1.54, 1.807) is 0 Å². The maximum Gasteiger partial charge on any atom is 0.472 e. The van der Waals surface area contributed by atoms with Crippen LogP contribution in [0, 0.1) is 0 Å². The number of phosphoric acid groups is 1. The van der Waals surface area contributed by atoms with E-state index in [0.717, 1.165) is 32.1 Å². The third-order valence-corrected chi connectivity index (χ3v) is 16.8. The Morgan fingerprint density at radius 3 is 0.899 bits per heavy atom. The van der Waals surface area contributed by atoms with Gasteiger partial charge in [-0.25, -0.2) is 4.57 Å². The summed E-state index contributed by atoms with van der Waals surface area (Å²) in [6, 6.07) is 0. The number of rotatable bonds is 67. The van der Waals surface area contributed by atoms with Crippen LogP contribution in [0.4, 0.5) is 0 Å². The first-order chi connectivity index (χ1) is 38.8. The number of phosphoric ester groups is 1. The van der Waals surface area contributed by atoms with E-state index in [-0.39, 0.29) is 38.6 Å².